The molecule has 1 aliphatic rings. The van der Waals surface area contributed by atoms with E-state index in [4.69, 9.17) is 4.74 Å². The first kappa shape index (κ1) is 27.2. The first-order valence-corrected chi connectivity index (χ1v) is 12.8. The van der Waals surface area contributed by atoms with Crippen molar-refractivity contribution in [2.45, 2.75) is 51.8 Å². The molecule has 2 aromatic carbocycles. The van der Waals surface area contributed by atoms with Crippen molar-refractivity contribution < 1.29 is 23.8 Å². The number of carbonyl (C=O) groups is 2. The van der Waals surface area contributed by atoms with Crippen molar-refractivity contribution in [2.24, 2.45) is 5.92 Å². The Morgan fingerprint density at radius 2 is 1.92 bits per heavy atom. The van der Waals surface area contributed by atoms with Gasteiger partial charge in [-0.1, -0.05) is 26.0 Å². The molecule has 0 saturated carbocycles. The fraction of sp³-hybridized carbons (Fsp3) is 0.444. The minimum absolute atomic E-state index is 0.0601. The van der Waals surface area contributed by atoms with Crippen molar-refractivity contribution >= 4 is 11.8 Å². The molecule has 11 heteroatoms. The second kappa shape index (κ2) is 12.6. The minimum Gasteiger partial charge on any atom is -0.508 e. The van der Waals surface area contributed by atoms with Gasteiger partial charge in [0.1, 0.15) is 24.2 Å². The van der Waals surface area contributed by atoms with Gasteiger partial charge in [-0.2, -0.15) is 4.80 Å². The first-order valence-electron chi connectivity index (χ1n) is 12.8. The van der Waals surface area contributed by atoms with E-state index in [0.717, 1.165) is 24.1 Å². The third kappa shape index (κ3) is 7.12. The third-order valence-corrected chi connectivity index (χ3v) is 6.37. The van der Waals surface area contributed by atoms with Gasteiger partial charge in [0.2, 0.25) is 17.6 Å². The van der Waals surface area contributed by atoms with E-state index in [2.05, 4.69) is 34.6 Å². The van der Waals surface area contributed by atoms with E-state index >= 15 is 0 Å². The molecule has 4 rings (SSSR count). The van der Waals surface area contributed by atoms with Crippen LogP contribution in [0.5, 0.6) is 5.75 Å². The highest BCUT2D eigenvalue weighted by atomic mass is 19.1. The Morgan fingerprint density at radius 3 is 2.58 bits per heavy atom. The van der Waals surface area contributed by atoms with Gasteiger partial charge in [-0.3, -0.25) is 9.59 Å². The molecule has 0 spiro atoms. The van der Waals surface area contributed by atoms with E-state index < -0.39 is 6.04 Å². The smallest absolute Gasteiger partial charge is 0.247 e. The third-order valence-electron chi connectivity index (χ3n) is 6.37. The Hall–Kier alpha value is -3.86. The van der Waals surface area contributed by atoms with Crippen LogP contribution in [0.2, 0.25) is 0 Å². The van der Waals surface area contributed by atoms with Crippen LogP contribution in [0.1, 0.15) is 44.7 Å². The SMILES string of the molecule is CC(C)CCNC(=O)[C@@H](c1ccc(O)cc1)N(C[C@@H]1CCCO1)C(=O)Cn1nnc(-c2ccc(F)cc2)n1. The van der Waals surface area contributed by atoms with Gasteiger partial charge in [0.15, 0.2) is 0 Å². The van der Waals surface area contributed by atoms with Crippen molar-refractivity contribution in [1.82, 2.24) is 30.4 Å². The topological polar surface area (TPSA) is 122 Å². The number of ether oxygens (including phenoxy) is 1. The van der Waals surface area contributed by atoms with E-state index in [9.17, 15) is 19.1 Å². The summed E-state index contributed by atoms with van der Waals surface area (Å²) in [7, 11) is 0. The van der Waals surface area contributed by atoms with Gasteiger partial charge in [-0.05, 0) is 72.4 Å². The van der Waals surface area contributed by atoms with Gasteiger partial charge in [0.25, 0.3) is 0 Å². The van der Waals surface area contributed by atoms with E-state index in [1.807, 2.05) is 0 Å². The number of phenolic OH excluding ortho intramolecular Hbond substituents is 1. The maximum absolute atomic E-state index is 13.7. The molecule has 1 aliphatic heterocycles. The lowest BCUT2D eigenvalue weighted by molar-refractivity contribution is -0.143. The van der Waals surface area contributed by atoms with Gasteiger partial charge in [0, 0.05) is 25.3 Å². The first-order chi connectivity index (χ1) is 18.3. The number of aromatic hydroxyl groups is 1. The van der Waals surface area contributed by atoms with Gasteiger partial charge in [-0.15, -0.1) is 10.2 Å². The highest BCUT2D eigenvalue weighted by Crippen LogP contribution is 2.26. The standard InChI is InChI=1S/C27H33FN6O4/c1-18(2)13-14-29-27(37)25(19-7-11-22(35)12-8-19)33(16-23-4-3-15-38-23)24(36)17-34-31-26(30-32-34)20-5-9-21(28)10-6-20/h5-12,18,23,25,35H,3-4,13-17H2,1-2H3,(H,29,37)/t23-,25+/m0/s1. The predicted octanol–water partition coefficient (Wildman–Crippen LogP) is 3.10. The fourth-order valence-electron chi connectivity index (χ4n) is 4.31. The Balaban J connectivity index is 1.60. The molecule has 202 valence electrons. The Morgan fingerprint density at radius 1 is 1.18 bits per heavy atom. The van der Waals surface area contributed by atoms with Crippen LogP contribution < -0.4 is 5.32 Å². The highest BCUT2D eigenvalue weighted by molar-refractivity contribution is 5.88. The van der Waals surface area contributed by atoms with E-state index in [1.165, 1.54) is 41.3 Å². The van der Waals surface area contributed by atoms with Gasteiger partial charge in [0.05, 0.1) is 6.10 Å². The van der Waals surface area contributed by atoms with Gasteiger partial charge < -0.3 is 20.1 Å². The number of phenols is 1. The quantitative estimate of drug-likeness (QED) is 0.395. The minimum atomic E-state index is -0.945. The van der Waals surface area contributed by atoms with Crippen LogP contribution in [0.3, 0.4) is 0 Å². The second-order valence-electron chi connectivity index (χ2n) is 9.80. The van der Waals surface area contributed by atoms with Crippen LogP contribution in [-0.4, -0.2) is 67.8 Å². The number of nitrogens with zero attached hydrogens (tertiary/aromatic N) is 5. The summed E-state index contributed by atoms with van der Waals surface area (Å²) in [5.74, 6) is -0.370. The second-order valence-corrected chi connectivity index (χ2v) is 9.80. The summed E-state index contributed by atoms with van der Waals surface area (Å²) in [6.45, 7) is 5.17. The monoisotopic (exact) mass is 524 g/mol. The van der Waals surface area contributed by atoms with E-state index in [0.29, 0.717) is 30.2 Å². The zero-order chi connectivity index (χ0) is 27.1. The van der Waals surface area contributed by atoms with Crippen molar-refractivity contribution in [3.63, 3.8) is 0 Å². The summed E-state index contributed by atoms with van der Waals surface area (Å²) in [6, 6.07) is 11.0. The number of tetrazole rings is 1. The average molecular weight is 525 g/mol. The molecule has 0 radical (unpaired) electrons. The molecular weight excluding hydrogens is 491 g/mol. The molecule has 0 aliphatic carbocycles. The van der Waals surface area contributed by atoms with Crippen molar-refractivity contribution in [2.75, 3.05) is 19.7 Å². The summed E-state index contributed by atoms with van der Waals surface area (Å²) in [4.78, 5) is 29.9. The molecule has 1 saturated heterocycles. The lowest BCUT2D eigenvalue weighted by Crippen LogP contribution is -2.48. The highest BCUT2D eigenvalue weighted by Gasteiger charge is 2.34. The number of nitrogens with one attached hydrogen (secondary N) is 1. The molecule has 0 bridgehead atoms. The summed E-state index contributed by atoms with van der Waals surface area (Å²) in [5.41, 5.74) is 1.13. The molecule has 1 aromatic heterocycles. The normalized spacial score (nSPS) is 15.9. The number of benzene rings is 2. The zero-order valence-electron chi connectivity index (χ0n) is 21.6. The molecule has 2 heterocycles. The molecule has 1 fully saturated rings. The van der Waals surface area contributed by atoms with E-state index in [-0.39, 0.29) is 48.4 Å². The van der Waals surface area contributed by atoms with Crippen LogP contribution >= 0.6 is 0 Å². The summed E-state index contributed by atoms with van der Waals surface area (Å²) < 4.78 is 19.1. The number of hydrogen-bond donors (Lipinski definition) is 2. The lowest BCUT2D eigenvalue weighted by atomic mass is 10.0. The van der Waals surface area contributed by atoms with Crippen LogP contribution in [0.25, 0.3) is 11.4 Å². The number of rotatable bonds is 11. The summed E-state index contributed by atoms with van der Waals surface area (Å²) in [6.07, 6.45) is 2.24. The van der Waals surface area contributed by atoms with Crippen LogP contribution in [-0.2, 0) is 20.9 Å². The Labute approximate surface area is 220 Å². The number of amides is 2. The summed E-state index contributed by atoms with van der Waals surface area (Å²) in [5, 5.41) is 25.1. The molecule has 0 unspecified atom stereocenters. The van der Waals surface area contributed by atoms with Crippen molar-refractivity contribution in [3.8, 4) is 17.1 Å². The van der Waals surface area contributed by atoms with Crippen LogP contribution in [0.15, 0.2) is 48.5 Å². The maximum atomic E-state index is 13.7. The average Bonchev–Trinajstić information content (AvgIpc) is 3.57. The van der Waals surface area contributed by atoms with Crippen molar-refractivity contribution in [1.29, 1.82) is 0 Å². The molecular formula is C27H33FN6O4. The Bertz CT molecular complexity index is 1210. The molecule has 3 aromatic rings. The molecule has 38 heavy (non-hydrogen) atoms. The number of carbonyl (C=O) groups excluding carboxylic acids is 2. The molecule has 2 atom stereocenters. The fourth-order valence-corrected chi connectivity index (χ4v) is 4.31. The van der Waals surface area contributed by atoms with E-state index in [1.54, 1.807) is 12.1 Å². The molecule has 10 nitrogen and oxygen atoms in total. The van der Waals surface area contributed by atoms with Crippen LogP contribution in [0, 0.1) is 11.7 Å². The lowest BCUT2D eigenvalue weighted by Gasteiger charge is -2.33. The molecule has 2 amide bonds. The predicted molar refractivity (Wildman–Crippen MR) is 137 cm³/mol. The van der Waals surface area contributed by atoms with Gasteiger partial charge in [-0.25, -0.2) is 4.39 Å². The van der Waals surface area contributed by atoms with Crippen LogP contribution in [0.4, 0.5) is 4.39 Å². The maximum Gasteiger partial charge on any atom is 0.247 e. The number of halogens is 1. The Kier molecular flexibility index (Phi) is 9.01. The van der Waals surface area contributed by atoms with Gasteiger partial charge >= 0.3 is 0 Å². The summed E-state index contributed by atoms with van der Waals surface area (Å²) >= 11 is 0. The zero-order valence-corrected chi connectivity index (χ0v) is 21.6. The van der Waals surface area contributed by atoms with Crippen molar-refractivity contribution in [3.05, 3.63) is 59.9 Å². The molecule has 2 N–H and O–H groups in total. The largest absolute Gasteiger partial charge is 0.508 e. The number of aromatic nitrogens is 4. The number of hydrogen-bond acceptors (Lipinski definition) is 7.